The van der Waals surface area contributed by atoms with Gasteiger partial charge in [-0.15, -0.1) is 11.8 Å². The van der Waals surface area contributed by atoms with Crippen molar-refractivity contribution in [2.45, 2.75) is 35.6 Å². The van der Waals surface area contributed by atoms with Gasteiger partial charge in [-0.2, -0.15) is 11.3 Å². The molecule has 1 aromatic heterocycles. The number of nitrogens with zero attached hydrogens (tertiary/aromatic N) is 1. The van der Waals surface area contributed by atoms with Gasteiger partial charge in [-0.25, -0.2) is 8.78 Å². The summed E-state index contributed by atoms with van der Waals surface area (Å²) in [4.78, 5) is 41.8. The first-order valence-corrected chi connectivity index (χ1v) is 12.2. The summed E-state index contributed by atoms with van der Waals surface area (Å²) < 4.78 is 27.4. The van der Waals surface area contributed by atoms with Crippen LogP contribution in [-0.4, -0.2) is 34.7 Å². The Bertz CT molecular complexity index is 1210. The van der Waals surface area contributed by atoms with Crippen LogP contribution in [0.5, 0.6) is 0 Å². The number of carbonyl (C=O) groups is 3. The molecule has 1 aliphatic rings. The number of nitrogens with two attached hydrogens (primary N) is 1. The fraction of sp³-hybridized carbons (Fsp3) is 0.208. The van der Waals surface area contributed by atoms with Crippen molar-refractivity contribution < 1.29 is 23.2 Å². The maximum absolute atomic E-state index is 13.7. The van der Waals surface area contributed by atoms with Gasteiger partial charge in [0.05, 0.1) is 23.4 Å². The second-order valence-electron chi connectivity index (χ2n) is 7.87. The highest BCUT2D eigenvalue weighted by atomic mass is 32.2. The second kappa shape index (κ2) is 10.0. The van der Waals surface area contributed by atoms with Crippen LogP contribution in [0.4, 0.5) is 14.5 Å². The summed E-state index contributed by atoms with van der Waals surface area (Å²) in [5.41, 5.74) is 7.23. The first kappa shape index (κ1) is 24.1. The zero-order valence-corrected chi connectivity index (χ0v) is 19.7. The number of para-hydroxylation sites is 1. The third-order valence-electron chi connectivity index (χ3n) is 5.28. The van der Waals surface area contributed by atoms with Crippen molar-refractivity contribution in [1.82, 2.24) is 4.90 Å². The molecule has 2 aromatic carbocycles. The van der Waals surface area contributed by atoms with Gasteiger partial charge in [0, 0.05) is 11.0 Å². The number of nitrogens with one attached hydrogen (secondary N) is 1. The largest absolute Gasteiger partial charge is 0.323 e. The summed E-state index contributed by atoms with van der Waals surface area (Å²) in [6.45, 7) is 1.42. The van der Waals surface area contributed by atoms with E-state index >= 15 is 0 Å². The Labute approximate surface area is 203 Å². The van der Waals surface area contributed by atoms with E-state index in [-0.39, 0.29) is 5.56 Å². The Kier molecular flexibility index (Phi) is 7.11. The van der Waals surface area contributed by atoms with E-state index in [0.717, 1.165) is 27.5 Å². The lowest BCUT2D eigenvalue weighted by Gasteiger charge is -2.34. The topological polar surface area (TPSA) is 92.5 Å². The lowest BCUT2D eigenvalue weighted by Crippen LogP contribution is -2.56. The van der Waals surface area contributed by atoms with Crippen LogP contribution in [0, 0.1) is 11.6 Å². The molecular formula is C24H21F2N3O3S2. The Balaban J connectivity index is 1.78. The highest BCUT2D eigenvalue weighted by Gasteiger charge is 2.44. The van der Waals surface area contributed by atoms with Gasteiger partial charge in [-0.05, 0) is 59.1 Å². The van der Waals surface area contributed by atoms with E-state index < -0.39 is 53.1 Å². The van der Waals surface area contributed by atoms with Crippen LogP contribution in [0.3, 0.4) is 0 Å². The molecule has 34 heavy (non-hydrogen) atoms. The minimum Gasteiger partial charge on any atom is -0.323 e. The van der Waals surface area contributed by atoms with Crippen molar-refractivity contribution >= 4 is 46.5 Å². The number of benzene rings is 2. The van der Waals surface area contributed by atoms with Gasteiger partial charge in [0.15, 0.2) is 0 Å². The molecule has 2 heterocycles. The van der Waals surface area contributed by atoms with Gasteiger partial charge in [0.25, 0.3) is 0 Å². The predicted molar refractivity (Wildman–Crippen MR) is 127 cm³/mol. The molecule has 3 aromatic rings. The van der Waals surface area contributed by atoms with E-state index in [0.29, 0.717) is 11.8 Å². The molecule has 0 spiro atoms. The molecule has 0 radical (unpaired) electrons. The van der Waals surface area contributed by atoms with E-state index in [9.17, 15) is 23.2 Å². The van der Waals surface area contributed by atoms with E-state index in [4.69, 9.17) is 5.73 Å². The first-order valence-electron chi connectivity index (χ1n) is 10.4. The van der Waals surface area contributed by atoms with Gasteiger partial charge in [-0.3, -0.25) is 19.3 Å². The molecule has 4 rings (SSSR count). The maximum atomic E-state index is 13.7. The highest BCUT2D eigenvalue weighted by Crippen LogP contribution is 2.46. The van der Waals surface area contributed by atoms with Crippen LogP contribution in [0.15, 0.2) is 64.2 Å². The van der Waals surface area contributed by atoms with Gasteiger partial charge < -0.3 is 11.1 Å². The maximum Gasteiger partial charge on any atom is 0.249 e. The number of imide groups is 1. The van der Waals surface area contributed by atoms with E-state index in [1.165, 1.54) is 30.0 Å². The van der Waals surface area contributed by atoms with Crippen molar-refractivity contribution in [1.29, 1.82) is 0 Å². The molecule has 0 aliphatic carbocycles. The number of carbonyl (C=O) groups excluding carboxylic acids is 3. The quantitative estimate of drug-likeness (QED) is 0.549. The summed E-state index contributed by atoms with van der Waals surface area (Å²) in [7, 11) is 0. The summed E-state index contributed by atoms with van der Waals surface area (Å²) >= 11 is 2.77. The SMILES string of the molecule is C[C@H](N)C(=O)N(C(=O)Cc1cc(F)cc(F)c1)[C@@H]1C(=O)Nc2ccccc2S[C@@H]1c1ccsc1. The molecule has 0 saturated heterocycles. The number of halogens is 2. The molecule has 0 unspecified atom stereocenters. The summed E-state index contributed by atoms with van der Waals surface area (Å²) in [6, 6.07) is 9.42. The van der Waals surface area contributed by atoms with Crippen molar-refractivity contribution in [3.05, 3.63) is 82.1 Å². The molecule has 10 heteroatoms. The molecule has 0 fully saturated rings. The van der Waals surface area contributed by atoms with E-state index in [1.807, 2.05) is 29.0 Å². The minimum absolute atomic E-state index is 0.0435. The zero-order valence-electron chi connectivity index (χ0n) is 18.0. The summed E-state index contributed by atoms with van der Waals surface area (Å²) in [5.74, 6) is -3.78. The molecule has 0 bridgehead atoms. The number of hydrogen-bond acceptors (Lipinski definition) is 6. The molecule has 6 nitrogen and oxygen atoms in total. The molecule has 3 amide bonds. The molecule has 3 N–H and O–H groups in total. The molecular weight excluding hydrogens is 480 g/mol. The molecule has 0 saturated carbocycles. The first-order chi connectivity index (χ1) is 16.2. The Hall–Kier alpha value is -3.08. The number of fused-ring (bicyclic) bond motifs is 1. The minimum atomic E-state index is -1.24. The average molecular weight is 502 g/mol. The lowest BCUT2D eigenvalue weighted by molar-refractivity contribution is -0.151. The van der Waals surface area contributed by atoms with Crippen molar-refractivity contribution in [3.8, 4) is 0 Å². The number of hydrogen-bond donors (Lipinski definition) is 2. The van der Waals surface area contributed by atoms with Crippen LogP contribution in [0.2, 0.25) is 0 Å². The summed E-state index contributed by atoms with van der Waals surface area (Å²) in [5, 5.41) is 5.89. The normalized spacial score (nSPS) is 18.4. The standard InChI is InChI=1S/C24H21F2N3O3S2/c1-13(27)24(32)29(20(30)10-14-8-16(25)11-17(26)9-14)21-22(15-6-7-33-12-15)34-19-5-3-2-4-18(19)28-23(21)31/h2-9,11-13,21-22H,10,27H2,1H3,(H,28,31)/t13-,21-,22+/m0/s1. The van der Waals surface area contributed by atoms with Crippen molar-refractivity contribution in [2.75, 3.05) is 5.32 Å². The van der Waals surface area contributed by atoms with Gasteiger partial charge in [-0.1, -0.05) is 12.1 Å². The zero-order chi connectivity index (χ0) is 24.4. The number of amides is 3. The van der Waals surface area contributed by atoms with Crippen LogP contribution in [0.25, 0.3) is 0 Å². The van der Waals surface area contributed by atoms with Crippen LogP contribution in [0.1, 0.15) is 23.3 Å². The van der Waals surface area contributed by atoms with Crippen molar-refractivity contribution in [2.24, 2.45) is 5.73 Å². The van der Waals surface area contributed by atoms with Gasteiger partial charge in [0.1, 0.15) is 17.7 Å². The number of anilines is 1. The number of thioether (sulfide) groups is 1. The lowest BCUT2D eigenvalue weighted by atomic mass is 10.0. The number of rotatable bonds is 5. The van der Waals surface area contributed by atoms with Crippen LogP contribution < -0.4 is 11.1 Å². The van der Waals surface area contributed by atoms with E-state index in [2.05, 4.69) is 5.32 Å². The number of thiophene rings is 1. The average Bonchev–Trinajstić information content (AvgIpc) is 3.26. The van der Waals surface area contributed by atoms with Gasteiger partial charge in [0.2, 0.25) is 17.7 Å². The van der Waals surface area contributed by atoms with E-state index in [1.54, 1.807) is 12.1 Å². The predicted octanol–water partition coefficient (Wildman–Crippen LogP) is 4.13. The smallest absolute Gasteiger partial charge is 0.249 e. The van der Waals surface area contributed by atoms with Gasteiger partial charge >= 0.3 is 0 Å². The third kappa shape index (κ3) is 5.03. The Morgan fingerprint density at radius 3 is 2.50 bits per heavy atom. The Morgan fingerprint density at radius 2 is 1.85 bits per heavy atom. The second-order valence-corrected chi connectivity index (χ2v) is 9.83. The molecule has 176 valence electrons. The fourth-order valence-electron chi connectivity index (χ4n) is 3.77. The molecule has 1 aliphatic heterocycles. The van der Waals surface area contributed by atoms with Crippen LogP contribution in [-0.2, 0) is 20.8 Å². The monoisotopic (exact) mass is 501 g/mol. The molecule has 3 atom stereocenters. The van der Waals surface area contributed by atoms with Crippen LogP contribution >= 0.6 is 23.1 Å². The highest BCUT2D eigenvalue weighted by molar-refractivity contribution is 7.99. The fourth-order valence-corrected chi connectivity index (χ4v) is 5.88. The summed E-state index contributed by atoms with van der Waals surface area (Å²) in [6.07, 6.45) is -0.481. The van der Waals surface area contributed by atoms with Crippen molar-refractivity contribution in [3.63, 3.8) is 0 Å². The Morgan fingerprint density at radius 1 is 1.15 bits per heavy atom. The third-order valence-corrected chi connectivity index (χ3v) is 7.37.